The van der Waals surface area contributed by atoms with Gasteiger partial charge in [0.25, 0.3) is 0 Å². The van der Waals surface area contributed by atoms with Gasteiger partial charge in [0.15, 0.2) is 5.75 Å². The Hall–Kier alpha value is -1.55. The van der Waals surface area contributed by atoms with Crippen LogP contribution in [0, 0.1) is 5.82 Å². The van der Waals surface area contributed by atoms with Crippen LogP contribution in [-0.2, 0) is 13.2 Å². The topological polar surface area (TPSA) is 27.1 Å². The Balaban J connectivity index is 1.95. The molecule has 0 atom stereocenters. The Labute approximate surface area is 110 Å². The first-order chi connectivity index (χ1) is 8.69. The largest absolute Gasteiger partial charge is 0.486 e. The summed E-state index contributed by atoms with van der Waals surface area (Å²) in [4.78, 5) is 0. The Morgan fingerprint density at radius 3 is 3.00 bits per heavy atom. The summed E-state index contributed by atoms with van der Waals surface area (Å²) in [5.41, 5.74) is 0.824. The van der Waals surface area contributed by atoms with Crippen molar-refractivity contribution in [3.05, 3.63) is 47.0 Å². The summed E-state index contributed by atoms with van der Waals surface area (Å²) >= 11 is 5.69. The van der Waals surface area contributed by atoms with Crippen LogP contribution in [0.15, 0.2) is 30.6 Å². The summed E-state index contributed by atoms with van der Waals surface area (Å²) < 4.78 is 20.3. The molecule has 0 fully saturated rings. The van der Waals surface area contributed by atoms with Gasteiger partial charge in [-0.25, -0.2) is 4.39 Å². The van der Waals surface area contributed by atoms with E-state index in [4.69, 9.17) is 16.3 Å². The van der Waals surface area contributed by atoms with Gasteiger partial charge >= 0.3 is 0 Å². The van der Waals surface area contributed by atoms with Crippen LogP contribution in [-0.4, -0.2) is 9.78 Å². The lowest BCUT2D eigenvalue weighted by Crippen LogP contribution is -1.97. The molecule has 0 N–H and O–H groups in total. The van der Waals surface area contributed by atoms with Crippen molar-refractivity contribution in [2.45, 2.75) is 26.5 Å². The highest BCUT2D eigenvalue weighted by Crippen LogP contribution is 2.18. The second-order valence-electron chi connectivity index (χ2n) is 3.98. The van der Waals surface area contributed by atoms with Crippen LogP contribution in [0.25, 0.3) is 0 Å². The van der Waals surface area contributed by atoms with Crippen LogP contribution in [0.3, 0.4) is 0 Å². The van der Waals surface area contributed by atoms with Crippen molar-refractivity contribution >= 4 is 11.6 Å². The van der Waals surface area contributed by atoms with Crippen molar-refractivity contribution in [3.63, 3.8) is 0 Å². The van der Waals surface area contributed by atoms with Gasteiger partial charge < -0.3 is 4.74 Å². The smallest absolute Gasteiger partial charge is 0.157 e. The number of hydrogen-bond acceptors (Lipinski definition) is 2. The van der Waals surface area contributed by atoms with Gasteiger partial charge in [0.05, 0.1) is 17.4 Å². The zero-order chi connectivity index (χ0) is 13.0. The molecule has 0 spiro atoms. The molecule has 96 valence electrons. The number of nitrogens with zero attached hydrogens (tertiary/aromatic N) is 2. The Morgan fingerprint density at radius 2 is 2.28 bits per heavy atom. The predicted octanol–water partition coefficient (Wildman–Crippen LogP) is 3.66. The normalized spacial score (nSPS) is 10.6. The van der Waals surface area contributed by atoms with Crippen molar-refractivity contribution < 1.29 is 9.13 Å². The molecule has 1 heterocycles. The number of rotatable bonds is 5. The van der Waals surface area contributed by atoms with Gasteiger partial charge in [0.2, 0.25) is 0 Å². The molecule has 0 unspecified atom stereocenters. The molecule has 0 aliphatic rings. The summed E-state index contributed by atoms with van der Waals surface area (Å²) in [6, 6.07) is 4.55. The number of halogens is 2. The SMILES string of the molecule is CCCn1cc(OCc2ccc(F)c(Cl)c2)cn1. The van der Waals surface area contributed by atoms with Crippen molar-refractivity contribution in [3.8, 4) is 5.75 Å². The molecule has 0 bridgehead atoms. The molecule has 0 amide bonds. The lowest BCUT2D eigenvalue weighted by molar-refractivity contribution is 0.305. The monoisotopic (exact) mass is 268 g/mol. The maximum atomic E-state index is 13.0. The van der Waals surface area contributed by atoms with Crippen LogP contribution < -0.4 is 4.74 Å². The van der Waals surface area contributed by atoms with E-state index in [1.807, 2.05) is 10.9 Å². The van der Waals surface area contributed by atoms with Gasteiger partial charge in [-0.15, -0.1) is 0 Å². The molecule has 0 aliphatic heterocycles. The van der Waals surface area contributed by atoms with Crippen molar-refractivity contribution in [2.24, 2.45) is 0 Å². The maximum absolute atomic E-state index is 13.0. The van der Waals surface area contributed by atoms with Gasteiger partial charge in [0.1, 0.15) is 12.4 Å². The van der Waals surface area contributed by atoms with E-state index in [-0.39, 0.29) is 5.02 Å². The molecule has 0 saturated carbocycles. The first-order valence-corrected chi connectivity index (χ1v) is 6.16. The summed E-state index contributed by atoms with van der Waals surface area (Å²) in [6.07, 6.45) is 4.53. The lowest BCUT2D eigenvalue weighted by Gasteiger charge is -2.04. The van der Waals surface area contributed by atoms with Gasteiger partial charge in [-0.1, -0.05) is 24.6 Å². The summed E-state index contributed by atoms with van der Waals surface area (Å²) in [7, 11) is 0. The van der Waals surface area contributed by atoms with Crippen molar-refractivity contribution in [1.82, 2.24) is 9.78 Å². The van der Waals surface area contributed by atoms with E-state index >= 15 is 0 Å². The van der Waals surface area contributed by atoms with Gasteiger partial charge in [-0.05, 0) is 24.1 Å². The second-order valence-corrected chi connectivity index (χ2v) is 4.38. The van der Waals surface area contributed by atoms with Crippen LogP contribution in [0.1, 0.15) is 18.9 Å². The Morgan fingerprint density at radius 1 is 1.44 bits per heavy atom. The average molecular weight is 269 g/mol. The van der Waals surface area contributed by atoms with E-state index in [1.165, 1.54) is 6.07 Å². The van der Waals surface area contributed by atoms with Crippen LogP contribution in [0.2, 0.25) is 5.02 Å². The maximum Gasteiger partial charge on any atom is 0.157 e. The number of aromatic nitrogens is 2. The van der Waals surface area contributed by atoms with E-state index in [0.29, 0.717) is 12.4 Å². The highest BCUT2D eigenvalue weighted by atomic mass is 35.5. The molecule has 2 aromatic rings. The molecule has 0 radical (unpaired) electrons. The van der Waals surface area contributed by atoms with Gasteiger partial charge in [-0.3, -0.25) is 4.68 Å². The predicted molar refractivity (Wildman–Crippen MR) is 68.3 cm³/mol. The van der Waals surface area contributed by atoms with Crippen LogP contribution in [0.5, 0.6) is 5.75 Å². The zero-order valence-electron chi connectivity index (χ0n) is 10.1. The van der Waals surface area contributed by atoms with E-state index in [9.17, 15) is 4.39 Å². The minimum absolute atomic E-state index is 0.109. The van der Waals surface area contributed by atoms with Crippen molar-refractivity contribution in [2.75, 3.05) is 0 Å². The third-order valence-electron chi connectivity index (χ3n) is 2.45. The molecule has 0 aliphatic carbocycles. The molecular formula is C13H14ClFN2O. The Kier molecular flexibility index (Phi) is 4.20. The minimum atomic E-state index is -0.420. The number of ether oxygens (including phenoxy) is 1. The molecule has 1 aromatic heterocycles. The minimum Gasteiger partial charge on any atom is -0.486 e. The Bertz CT molecular complexity index is 527. The fraction of sp³-hybridized carbons (Fsp3) is 0.308. The first kappa shape index (κ1) is 12.9. The average Bonchev–Trinajstić information content (AvgIpc) is 2.79. The highest BCUT2D eigenvalue weighted by Gasteiger charge is 2.03. The molecule has 5 heteroatoms. The number of hydrogen-bond donors (Lipinski definition) is 0. The van der Waals surface area contributed by atoms with Crippen LogP contribution in [0.4, 0.5) is 4.39 Å². The van der Waals surface area contributed by atoms with Crippen LogP contribution >= 0.6 is 11.6 Å². The fourth-order valence-corrected chi connectivity index (χ4v) is 1.77. The van der Waals surface area contributed by atoms with Gasteiger partial charge in [-0.2, -0.15) is 5.10 Å². The van der Waals surface area contributed by atoms with E-state index in [2.05, 4.69) is 12.0 Å². The molecule has 3 nitrogen and oxygen atoms in total. The molecule has 2 rings (SSSR count). The molecule has 18 heavy (non-hydrogen) atoms. The quantitative estimate of drug-likeness (QED) is 0.827. The van der Waals surface area contributed by atoms with E-state index < -0.39 is 5.82 Å². The first-order valence-electron chi connectivity index (χ1n) is 5.78. The summed E-state index contributed by atoms with van der Waals surface area (Å²) in [5.74, 6) is 0.278. The lowest BCUT2D eigenvalue weighted by atomic mass is 10.2. The second kappa shape index (κ2) is 5.87. The highest BCUT2D eigenvalue weighted by molar-refractivity contribution is 6.30. The fourth-order valence-electron chi connectivity index (χ4n) is 1.57. The molecule has 1 aromatic carbocycles. The third kappa shape index (κ3) is 3.23. The number of benzene rings is 1. The van der Waals surface area contributed by atoms with Crippen molar-refractivity contribution in [1.29, 1.82) is 0 Å². The number of aryl methyl sites for hydroxylation is 1. The summed E-state index contributed by atoms with van der Waals surface area (Å²) in [5, 5.41) is 4.26. The van der Waals surface area contributed by atoms with Gasteiger partial charge in [0, 0.05) is 6.54 Å². The molecular weight excluding hydrogens is 255 g/mol. The summed E-state index contributed by atoms with van der Waals surface area (Å²) in [6.45, 7) is 3.30. The zero-order valence-corrected chi connectivity index (χ0v) is 10.8. The van der Waals surface area contributed by atoms with E-state index in [1.54, 1.807) is 18.3 Å². The molecule has 0 saturated heterocycles. The third-order valence-corrected chi connectivity index (χ3v) is 2.74. The van der Waals surface area contributed by atoms with E-state index in [0.717, 1.165) is 18.5 Å². The standard InChI is InChI=1S/C13H14ClFN2O/c1-2-5-17-8-11(7-16-17)18-9-10-3-4-13(15)12(14)6-10/h3-4,6-8H,2,5,9H2,1H3.